The number of likely N-dealkylation sites (tertiary alicyclic amines) is 1. The van der Waals surface area contributed by atoms with E-state index in [1.165, 1.54) is 0 Å². The van der Waals surface area contributed by atoms with Gasteiger partial charge in [-0.15, -0.1) is 5.10 Å². The highest BCUT2D eigenvalue weighted by atomic mass is 35.5. The molecule has 8 rings (SSSR count). The highest BCUT2D eigenvalue weighted by molar-refractivity contribution is 6.31. The normalized spacial score (nSPS) is 23.1. The number of benzene rings is 2. The number of hydrogen-bond donors (Lipinski definition) is 2. The van der Waals surface area contributed by atoms with Gasteiger partial charge in [0.1, 0.15) is 35.2 Å². The molecule has 3 amide bonds. The van der Waals surface area contributed by atoms with Gasteiger partial charge in [-0.25, -0.2) is 4.98 Å². The van der Waals surface area contributed by atoms with E-state index in [2.05, 4.69) is 81.3 Å². The van der Waals surface area contributed by atoms with E-state index >= 15 is 0 Å². The van der Waals surface area contributed by atoms with E-state index in [0.29, 0.717) is 45.0 Å². The van der Waals surface area contributed by atoms with Gasteiger partial charge in [-0.2, -0.15) is 9.94 Å². The van der Waals surface area contributed by atoms with Crippen molar-refractivity contribution in [1.82, 2.24) is 35.5 Å². The minimum absolute atomic E-state index is 0.147. The minimum Gasteiger partial charge on any atom is -0.489 e. The second-order valence-electron chi connectivity index (χ2n) is 17.2. The predicted molar refractivity (Wildman–Crippen MR) is 216 cm³/mol. The van der Waals surface area contributed by atoms with Crippen molar-refractivity contribution in [3.05, 3.63) is 86.9 Å². The average molecular weight is 802 g/mol. The maximum absolute atomic E-state index is 13.4. The van der Waals surface area contributed by atoms with Gasteiger partial charge in [0, 0.05) is 59.7 Å². The number of carbonyl (C=O) groups is 3. The maximum Gasteiger partial charge on any atom is 0.278 e. The fourth-order valence-electron chi connectivity index (χ4n) is 9.46. The molecule has 1 atom stereocenters. The van der Waals surface area contributed by atoms with Crippen molar-refractivity contribution in [3.63, 3.8) is 0 Å². The largest absolute Gasteiger partial charge is 0.489 e. The fraction of sp³-hybridized carbons (Fsp3) is 0.442. The molecule has 4 fully saturated rings. The molecule has 2 N–H and O–H groups in total. The first-order valence-electron chi connectivity index (χ1n) is 19.5. The smallest absolute Gasteiger partial charge is 0.278 e. The second-order valence-corrected chi connectivity index (χ2v) is 17.6. The molecule has 0 radical (unpaired) electrons. The Balaban J connectivity index is 0.811. The minimum atomic E-state index is -0.859. The van der Waals surface area contributed by atoms with Crippen LogP contribution in [0.1, 0.15) is 81.0 Å². The highest BCUT2D eigenvalue weighted by Gasteiger charge is 2.64. The molecule has 3 saturated heterocycles. The number of imide groups is 1. The second kappa shape index (κ2) is 14.8. The van der Waals surface area contributed by atoms with Gasteiger partial charge in [0.15, 0.2) is 0 Å². The van der Waals surface area contributed by atoms with Gasteiger partial charge in [-0.05, 0) is 80.7 Å². The zero-order valence-electron chi connectivity index (χ0n) is 32.8. The number of halogens is 1. The Labute approximate surface area is 340 Å². The van der Waals surface area contributed by atoms with Gasteiger partial charge in [0.25, 0.3) is 17.4 Å². The zero-order valence-corrected chi connectivity index (χ0v) is 33.6. The van der Waals surface area contributed by atoms with Gasteiger partial charge in [-0.1, -0.05) is 50.4 Å². The van der Waals surface area contributed by atoms with Crippen molar-refractivity contribution in [3.8, 4) is 23.7 Å². The highest BCUT2D eigenvalue weighted by Crippen LogP contribution is 2.55. The first-order valence-corrected chi connectivity index (χ1v) is 19.9. The molecule has 15 heteroatoms. The molecule has 4 aliphatic rings. The maximum atomic E-state index is 13.4. The van der Waals surface area contributed by atoms with Crippen LogP contribution in [-0.4, -0.2) is 87.5 Å². The number of aromatic nitrogens is 4. The molecule has 4 aromatic rings. The van der Waals surface area contributed by atoms with E-state index in [4.69, 9.17) is 16.3 Å². The summed E-state index contributed by atoms with van der Waals surface area (Å²) in [6, 6.07) is 15.2. The molecule has 298 valence electrons. The molecule has 14 nitrogen and oxygen atoms in total. The molecule has 1 aliphatic carbocycles. The van der Waals surface area contributed by atoms with E-state index in [1.54, 1.807) is 42.6 Å². The Morgan fingerprint density at radius 2 is 1.79 bits per heavy atom. The van der Waals surface area contributed by atoms with Crippen molar-refractivity contribution >= 4 is 45.9 Å². The van der Waals surface area contributed by atoms with E-state index in [9.17, 15) is 24.4 Å². The number of anilines is 1. The summed E-state index contributed by atoms with van der Waals surface area (Å²) in [5, 5.41) is 23.6. The summed E-state index contributed by atoms with van der Waals surface area (Å²) in [6.07, 6.45) is 3.80. The van der Waals surface area contributed by atoms with E-state index in [-0.39, 0.29) is 53.0 Å². The summed E-state index contributed by atoms with van der Waals surface area (Å²) in [7, 11) is 0. The lowest BCUT2D eigenvalue weighted by molar-refractivity contribution is -0.164. The number of fused-ring (bicyclic) bond motifs is 1. The third kappa shape index (κ3) is 7.16. The quantitative estimate of drug-likeness (QED) is 0.202. The summed E-state index contributed by atoms with van der Waals surface area (Å²) in [5.74, 6) is 5.89. The topological polar surface area (TPSA) is 175 Å². The van der Waals surface area contributed by atoms with Crippen LogP contribution in [0.15, 0.2) is 59.5 Å². The zero-order chi connectivity index (χ0) is 41.0. The molecule has 0 bridgehead atoms. The van der Waals surface area contributed by atoms with Crippen LogP contribution in [0.2, 0.25) is 5.02 Å². The van der Waals surface area contributed by atoms with Crippen LogP contribution in [0, 0.1) is 39.4 Å². The Morgan fingerprint density at radius 1 is 1.03 bits per heavy atom. The Morgan fingerprint density at radius 3 is 2.47 bits per heavy atom. The molecule has 3 aliphatic heterocycles. The van der Waals surface area contributed by atoms with Crippen LogP contribution in [0.25, 0.3) is 10.9 Å². The van der Waals surface area contributed by atoms with E-state index < -0.39 is 17.5 Å². The van der Waals surface area contributed by atoms with Crippen LogP contribution in [0.3, 0.4) is 0 Å². The number of piperidine rings is 2. The number of nitrogens with one attached hydrogen (secondary N) is 2. The molecule has 1 saturated carbocycles. The van der Waals surface area contributed by atoms with Crippen molar-refractivity contribution in [2.24, 2.45) is 16.2 Å². The van der Waals surface area contributed by atoms with Crippen LogP contribution in [-0.2, 0) is 9.59 Å². The van der Waals surface area contributed by atoms with Gasteiger partial charge < -0.3 is 15.0 Å². The molecular weight excluding hydrogens is 758 g/mol. The third-order valence-corrected chi connectivity index (χ3v) is 12.8. The van der Waals surface area contributed by atoms with Crippen LogP contribution in [0.5, 0.6) is 5.75 Å². The Hall–Kier alpha value is -5.83. The number of hydrogen-bond acceptors (Lipinski definition) is 11. The molecule has 5 heterocycles. The summed E-state index contributed by atoms with van der Waals surface area (Å²) in [6.45, 7) is 12.5. The SMILES string of the molecule is CC1(C)[C@H](NC(=O)c2ccc(C#CCN3CCC4(CC3)CN(c3ccc5nnn(C6CCC(=O)NC6=O)c(=O)c5c3)C4)nc2)C(C)(C)[C@H]1Oc1ccc(C#N)c(Cl)c1. The van der Waals surface area contributed by atoms with E-state index in [1.807, 2.05) is 12.1 Å². The lowest BCUT2D eigenvalue weighted by atomic mass is 9.49. The fourth-order valence-corrected chi connectivity index (χ4v) is 9.67. The Kier molecular flexibility index (Phi) is 9.98. The lowest BCUT2D eigenvalue weighted by Crippen LogP contribution is -2.74. The predicted octanol–water partition coefficient (Wildman–Crippen LogP) is 4.26. The number of rotatable bonds is 7. The molecule has 1 spiro atoms. The average Bonchev–Trinajstić information content (AvgIpc) is 3.19. The summed E-state index contributed by atoms with van der Waals surface area (Å²) in [4.78, 5) is 59.8. The molecule has 1 unspecified atom stereocenters. The van der Waals surface area contributed by atoms with Crippen molar-refractivity contribution in [2.45, 2.75) is 71.6 Å². The summed E-state index contributed by atoms with van der Waals surface area (Å²) < 4.78 is 7.44. The third-order valence-electron chi connectivity index (χ3n) is 12.5. The number of ether oxygens (including phenoxy) is 1. The number of nitrogens with zero attached hydrogens (tertiary/aromatic N) is 7. The molecular formula is C43H44ClN9O5. The molecule has 2 aromatic heterocycles. The monoisotopic (exact) mass is 801 g/mol. The van der Waals surface area contributed by atoms with E-state index in [0.717, 1.165) is 49.4 Å². The van der Waals surface area contributed by atoms with Gasteiger partial charge in [0.2, 0.25) is 5.91 Å². The van der Waals surface area contributed by atoms with Crippen LogP contribution in [0.4, 0.5) is 5.69 Å². The van der Waals surface area contributed by atoms with Gasteiger partial charge >= 0.3 is 0 Å². The van der Waals surface area contributed by atoms with Crippen LogP contribution >= 0.6 is 11.6 Å². The van der Waals surface area contributed by atoms with Gasteiger partial charge in [0.05, 0.1) is 28.1 Å². The summed E-state index contributed by atoms with van der Waals surface area (Å²) >= 11 is 6.23. The first kappa shape index (κ1) is 39.0. The van der Waals surface area contributed by atoms with Crippen molar-refractivity contribution < 1.29 is 19.1 Å². The number of carbonyl (C=O) groups excluding carboxylic acids is 3. The summed E-state index contributed by atoms with van der Waals surface area (Å²) in [5.41, 5.74) is 1.89. The first-order chi connectivity index (χ1) is 27.7. The van der Waals surface area contributed by atoms with Gasteiger partial charge in [-0.3, -0.25) is 29.4 Å². The molecule has 58 heavy (non-hydrogen) atoms. The van der Waals surface area contributed by atoms with Crippen LogP contribution < -0.4 is 25.8 Å². The number of amides is 3. The number of nitriles is 1. The standard InChI is InChI=1S/C43H44ClN9O5/c1-41(2)39(42(3,4)40(41)58-30-11-8-26(22-45)32(44)21-30)48-36(55)27-7-9-28(46-23-27)6-5-17-51-18-15-43(16-19-51)24-52(25-43)29-10-12-33-31(20-29)38(57)53(50-49-33)34-13-14-35(54)47-37(34)56/h7-12,20-21,23,34,39-40H,13-19,24-25H2,1-4H3,(H,48,55)(H,47,54,56)/t34?,39-,40-. The number of pyridine rings is 1. The lowest BCUT2D eigenvalue weighted by Gasteiger charge is -2.63. The Bertz CT molecular complexity index is 2470. The van der Waals surface area contributed by atoms with Crippen molar-refractivity contribution in [1.29, 1.82) is 5.26 Å². The molecule has 2 aromatic carbocycles. The van der Waals surface area contributed by atoms with Crippen molar-refractivity contribution in [2.75, 3.05) is 37.6 Å².